The summed E-state index contributed by atoms with van der Waals surface area (Å²) < 4.78 is 7.61. The Labute approximate surface area is 180 Å². The first-order valence-electron chi connectivity index (χ1n) is 10.5. The second kappa shape index (κ2) is 8.55. The van der Waals surface area contributed by atoms with Crippen LogP contribution in [0.3, 0.4) is 0 Å². The predicted molar refractivity (Wildman–Crippen MR) is 117 cm³/mol. The van der Waals surface area contributed by atoms with E-state index in [0.717, 1.165) is 29.5 Å². The quantitative estimate of drug-likeness (QED) is 0.491. The van der Waals surface area contributed by atoms with Crippen LogP contribution in [-0.2, 0) is 6.54 Å². The molecule has 1 unspecified atom stereocenters. The number of allylic oxidation sites excluding steroid dienone is 1. The number of carbonyl (C=O) groups is 1. The molecule has 4 aromatic rings. The van der Waals surface area contributed by atoms with Crippen LogP contribution < -0.4 is 0 Å². The Bertz CT molecular complexity index is 1180. The van der Waals surface area contributed by atoms with Crippen molar-refractivity contribution in [1.29, 1.82) is 0 Å². The fraction of sp³-hybridized carbons (Fsp3) is 0.250. The molecule has 0 spiro atoms. The van der Waals surface area contributed by atoms with Gasteiger partial charge in [0.05, 0.1) is 18.7 Å². The number of oxazole rings is 1. The van der Waals surface area contributed by atoms with Crippen molar-refractivity contribution in [3.05, 3.63) is 84.0 Å². The van der Waals surface area contributed by atoms with E-state index in [1.54, 1.807) is 10.9 Å². The van der Waals surface area contributed by atoms with E-state index in [-0.39, 0.29) is 11.8 Å². The van der Waals surface area contributed by atoms with Crippen molar-refractivity contribution in [2.75, 3.05) is 13.1 Å². The van der Waals surface area contributed by atoms with Crippen molar-refractivity contribution in [2.24, 2.45) is 0 Å². The van der Waals surface area contributed by atoms with Crippen LogP contribution in [0.4, 0.5) is 0 Å². The van der Waals surface area contributed by atoms with Crippen molar-refractivity contribution >= 4 is 23.1 Å². The van der Waals surface area contributed by atoms with E-state index < -0.39 is 0 Å². The van der Waals surface area contributed by atoms with Gasteiger partial charge in [-0.05, 0) is 30.5 Å². The Balaban J connectivity index is 1.24. The Kier molecular flexibility index (Phi) is 5.31. The van der Waals surface area contributed by atoms with Gasteiger partial charge in [0, 0.05) is 13.1 Å². The molecule has 2 aromatic heterocycles. The minimum absolute atomic E-state index is 0.0916. The molecular formula is C24H23N5O2. The lowest BCUT2D eigenvalue weighted by molar-refractivity contribution is 0.0693. The van der Waals surface area contributed by atoms with E-state index in [4.69, 9.17) is 4.42 Å². The van der Waals surface area contributed by atoms with Crippen molar-refractivity contribution < 1.29 is 9.21 Å². The second-order valence-electron chi connectivity index (χ2n) is 7.75. The number of carbonyl (C=O) groups excluding carboxylic acids is 1. The Morgan fingerprint density at radius 3 is 2.84 bits per heavy atom. The fourth-order valence-corrected chi connectivity index (χ4v) is 3.94. The summed E-state index contributed by atoms with van der Waals surface area (Å²) in [7, 11) is 0. The molecule has 0 aliphatic carbocycles. The summed E-state index contributed by atoms with van der Waals surface area (Å²) in [4.78, 5) is 19.5. The lowest BCUT2D eigenvalue weighted by Gasteiger charge is -2.30. The first kappa shape index (κ1) is 19.2. The Hall–Kier alpha value is -3.74. The summed E-state index contributed by atoms with van der Waals surface area (Å²) in [5.74, 6) is 0.696. The van der Waals surface area contributed by atoms with Crippen molar-refractivity contribution in [3.8, 4) is 0 Å². The molecule has 1 aliphatic rings. The average Bonchev–Trinajstić information content (AvgIpc) is 3.47. The largest absolute Gasteiger partial charge is 0.440 e. The number of fused-ring (bicyclic) bond motifs is 1. The molecule has 2 aromatic carbocycles. The van der Waals surface area contributed by atoms with Crippen LogP contribution in [0.2, 0.25) is 0 Å². The standard InChI is InChI=1S/C24H23N5O2/c30-24(21-17-29(27-26-21)15-6-10-18-8-2-1-3-9-18)28-14-7-11-19(16-28)23-25-20-12-4-5-13-22(20)31-23/h1-6,8-10,12-13,17,19H,7,11,14-16H2. The van der Waals surface area contributed by atoms with E-state index in [9.17, 15) is 4.79 Å². The van der Waals surface area contributed by atoms with Gasteiger partial charge in [-0.1, -0.05) is 59.8 Å². The summed E-state index contributed by atoms with van der Waals surface area (Å²) in [5.41, 5.74) is 3.13. The smallest absolute Gasteiger partial charge is 0.276 e. The number of hydrogen-bond acceptors (Lipinski definition) is 5. The molecule has 7 nitrogen and oxygen atoms in total. The topological polar surface area (TPSA) is 77.1 Å². The highest BCUT2D eigenvalue weighted by atomic mass is 16.3. The van der Waals surface area contributed by atoms with Crippen LogP contribution in [0.25, 0.3) is 17.2 Å². The zero-order chi connectivity index (χ0) is 21.0. The number of likely N-dealkylation sites (tertiary alicyclic amines) is 1. The van der Waals surface area contributed by atoms with Gasteiger partial charge in [0.2, 0.25) is 0 Å². The summed E-state index contributed by atoms with van der Waals surface area (Å²) in [6.45, 7) is 1.84. The molecule has 1 saturated heterocycles. The molecule has 0 radical (unpaired) electrons. The van der Waals surface area contributed by atoms with Crippen LogP contribution in [0, 0.1) is 0 Å². The number of aromatic nitrogens is 4. The van der Waals surface area contributed by atoms with Gasteiger partial charge >= 0.3 is 0 Å². The Morgan fingerprint density at radius 2 is 1.97 bits per heavy atom. The molecule has 1 atom stereocenters. The van der Waals surface area contributed by atoms with Gasteiger partial charge in [-0.2, -0.15) is 0 Å². The van der Waals surface area contributed by atoms with Crippen LogP contribution in [0.1, 0.15) is 40.7 Å². The van der Waals surface area contributed by atoms with Gasteiger partial charge < -0.3 is 9.32 Å². The molecule has 3 heterocycles. The molecule has 0 saturated carbocycles. The number of benzene rings is 2. The van der Waals surface area contributed by atoms with Gasteiger partial charge in [-0.15, -0.1) is 5.10 Å². The maximum atomic E-state index is 13.0. The number of nitrogens with zero attached hydrogens (tertiary/aromatic N) is 5. The molecule has 1 amide bonds. The number of para-hydroxylation sites is 2. The minimum Gasteiger partial charge on any atom is -0.440 e. The van der Waals surface area contributed by atoms with E-state index in [1.807, 2.05) is 71.6 Å². The highest BCUT2D eigenvalue weighted by molar-refractivity contribution is 5.92. The highest BCUT2D eigenvalue weighted by Crippen LogP contribution is 2.29. The monoisotopic (exact) mass is 413 g/mol. The molecule has 156 valence electrons. The highest BCUT2D eigenvalue weighted by Gasteiger charge is 2.29. The van der Waals surface area contributed by atoms with Gasteiger partial charge in [-0.3, -0.25) is 4.79 Å². The van der Waals surface area contributed by atoms with Crippen LogP contribution >= 0.6 is 0 Å². The summed E-state index contributed by atoms with van der Waals surface area (Å²) in [6, 6.07) is 17.8. The molecule has 31 heavy (non-hydrogen) atoms. The third kappa shape index (κ3) is 4.26. The number of rotatable bonds is 5. The number of amides is 1. The lowest BCUT2D eigenvalue weighted by Crippen LogP contribution is -2.39. The average molecular weight is 413 g/mol. The van der Waals surface area contributed by atoms with Gasteiger partial charge in [0.15, 0.2) is 17.2 Å². The zero-order valence-electron chi connectivity index (χ0n) is 17.1. The minimum atomic E-state index is -0.0981. The first-order valence-corrected chi connectivity index (χ1v) is 10.5. The van der Waals surface area contributed by atoms with E-state index in [2.05, 4.69) is 15.3 Å². The maximum Gasteiger partial charge on any atom is 0.276 e. The third-order valence-electron chi connectivity index (χ3n) is 5.53. The van der Waals surface area contributed by atoms with Crippen LogP contribution in [0.15, 0.2) is 71.3 Å². The molecular weight excluding hydrogens is 390 g/mol. The first-order chi connectivity index (χ1) is 15.3. The molecule has 0 N–H and O–H groups in total. The van der Waals surface area contributed by atoms with E-state index in [1.165, 1.54) is 0 Å². The summed E-state index contributed by atoms with van der Waals surface area (Å²) >= 11 is 0. The maximum absolute atomic E-state index is 13.0. The van der Waals surface area contributed by atoms with E-state index >= 15 is 0 Å². The van der Waals surface area contributed by atoms with Crippen LogP contribution in [-0.4, -0.2) is 43.9 Å². The third-order valence-corrected chi connectivity index (χ3v) is 5.53. The van der Waals surface area contributed by atoms with Crippen molar-refractivity contribution in [1.82, 2.24) is 24.9 Å². The van der Waals surface area contributed by atoms with Gasteiger partial charge in [-0.25, -0.2) is 9.67 Å². The summed E-state index contributed by atoms with van der Waals surface area (Å²) in [5, 5.41) is 8.20. The molecule has 1 fully saturated rings. The molecule has 0 bridgehead atoms. The summed E-state index contributed by atoms with van der Waals surface area (Å²) in [6.07, 6.45) is 7.60. The van der Waals surface area contributed by atoms with E-state index in [0.29, 0.717) is 31.2 Å². The Morgan fingerprint density at radius 1 is 1.13 bits per heavy atom. The van der Waals surface area contributed by atoms with Crippen molar-refractivity contribution in [2.45, 2.75) is 25.3 Å². The van der Waals surface area contributed by atoms with Crippen LogP contribution in [0.5, 0.6) is 0 Å². The normalized spacial score (nSPS) is 16.9. The van der Waals surface area contributed by atoms with Gasteiger partial charge in [0.25, 0.3) is 5.91 Å². The lowest BCUT2D eigenvalue weighted by atomic mass is 9.98. The second-order valence-corrected chi connectivity index (χ2v) is 7.75. The zero-order valence-corrected chi connectivity index (χ0v) is 17.1. The predicted octanol–water partition coefficient (Wildman–Crippen LogP) is 4.15. The molecule has 7 heteroatoms. The van der Waals surface area contributed by atoms with Gasteiger partial charge in [0.1, 0.15) is 5.52 Å². The molecule has 5 rings (SSSR count). The number of piperidine rings is 1. The number of hydrogen-bond donors (Lipinski definition) is 0. The fourth-order valence-electron chi connectivity index (χ4n) is 3.94. The molecule has 1 aliphatic heterocycles. The SMILES string of the molecule is O=C(c1cn(CC=Cc2ccccc2)nn1)N1CCCC(c2nc3ccccc3o2)C1. The van der Waals surface area contributed by atoms with Crippen molar-refractivity contribution in [3.63, 3.8) is 0 Å².